The summed E-state index contributed by atoms with van der Waals surface area (Å²) in [7, 11) is 0. The van der Waals surface area contributed by atoms with E-state index in [1.807, 2.05) is 12.1 Å². The van der Waals surface area contributed by atoms with Gasteiger partial charge in [-0.1, -0.05) is 42.1 Å². The number of carbonyl (C=O) groups is 1. The number of halogens is 1. The fourth-order valence-electron chi connectivity index (χ4n) is 3.09. The van der Waals surface area contributed by atoms with Crippen LogP contribution in [0.15, 0.2) is 41.4 Å². The summed E-state index contributed by atoms with van der Waals surface area (Å²) < 4.78 is 5.32. The molecule has 0 aliphatic heterocycles. The predicted octanol–water partition coefficient (Wildman–Crippen LogP) is 4.42. The highest BCUT2D eigenvalue weighted by molar-refractivity contribution is 6.30. The molecule has 1 aliphatic carbocycles. The zero-order valence-electron chi connectivity index (χ0n) is 14.7. The summed E-state index contributed by atoms with van der Waals surface area (Å²) in [5, 5.41) is 7.74. The van der Waals surface area contributed by atoms with Crippen LogP contribution in [0, 0.1) is 0 Å². The van der Waals surface area contributed by atoms with Gasteiger partial charge < -0.3 is 14.7 Å². The van der Waals surface area contributed by atoms with Gasteiger partial charge in [-0.25, -0.2) is 4.79 Å². The van der Waals surface area contributed by atoms with Gasteiger partial charge in [0.2, 0.25) is 11.7 Å². The van der Waals surface area contributed by atoms with Crippen LogP contribution in [0.3, 0.4) is 0 Å². The second-order valence-electron chi connectivity index (χ2n) is 6.47. The highest BCUT2D eigenvalue weighted by Crippen LogP contribution is 2.20. The summed E-state index contributed by atoms with van der Waals surface area (Å²) in [5.74, 6) is 0.860. The van der Waals surface area contributed by atoms with Crippen LogP contribution in [0.1, 0.15) is 38.0 Å². The van der Waals surface area contributed by atoms with E-state index in [9.17, 15) is 4.79 Å². The molecule has 7 heteroatoms. The molecule has 0 bridgehead atoms. The molecule has 0 saturated heterocycles. The zero-order valence-corrected chi connectivity index (χ0v) is 15.4. The molecule has 0 radical (unpaired) electrons. The normalized spacial score (nSPS) is 14.8. The molecule has 6 nitrogen and oxygen atoms in total. The van der Waals surface area contributed by atoms with E-state index in [1.54, 1.807) is 23.1 Å². The van der Waals surface area contributed by atoms with Crippen molar-refractivity contribution in [2.45, 2.75) is 44.7 Å². The van der Waals surface area contributed by atoms with Gasteiger partial charge in [0, 0.05) is 23.2 Å². The van der Waals surface area contributed by atoms with Crippen LogP contribution < -0.4 is 5.32 Å². The van der Waals surface area contributed by atoms with Gasteiger partial charge >= 0.3 is 6.03 Å². The maximum Gasteiger partial charge on any atom is 0.318 e. The summed E-state index contributed by atoms with van der Waals surface area (Å²) >= 11 is 5.90. The second kappa shape index (κ2) is 8.85. The second-order valence-corrected chi connectivity index (χ2v) is 6.91. The molecule has 1 saturated carbocycles. The zero-order chi connectivity index (χ0) is 18.4. The predicted molar refractivity (Wildman–Crippen MR) is 101 cm³/mol. The van der Waals surface area contributed by atoms with Crippen molar-refractivity contribution in [2.75, 3.05) is 6.54 Å². The Morgan fingerprint density at radius 1 is 1.31 bits per heavy atom. The van der Waals surface area contributed by atoms with Crippen molar-refractivity contribution >= 4 is 17.6 Å². The van der Waals surface area contributed by atoms with E-state index in [0.29, 0.717) is 23.3 Å². The lowest BCUT2D eigenvalue weighted by Crippen LogP contribution is -2.45. The van der Waals surface area contributed by atoms with Gasteiger partial charge in [0.25, 0.3) is 0 Å². The molecule has 0 unspecified atom stereocenters. The number of rotatable bonds is 6. The fraction of sp³-hybridized carbons (Fsp3) is 0.421. The molecule has 3 rings (SSSR count). The summed E-state index contributed by atoms with van der Waals surface area (Å²) in [5.41, 5.74) is 0.811. The molecular weight excluding hydrogens is 352 g/mol. The highest BCUT2D eigenvalue weighted by Gasteiger charge is 2.21. The van der Waals surface area contributed by atoms with Gasteiger partial charge in [0.05, 0.1) is 0 Å². The van der Waals surface area contributed by atoms with Crippen molar-refractivity contribution in [2.24, 2.45) is 0 Å². The number of aromatic nitrogens is 2. The Morgan fingerprint density at radius 2 is 2.04 bits per heavy atom. The van der Waals surface area contributed by atoms with Crippen molar-refractivity contribution < 1.29 is 9.32 Å². The van der Waals surface area contributed by atoms with E-state index in [-0.39, 0.29) is 18.6 Å². The molecular formula is C19H23ClN4O2. The number of benzene rings is 1. The van der Waals surface area contributed by atoms with Crippen LogP contribution in [0.2, 0.25) is 5.02 Å². The SMILES string of the molecule is C=CCN(Cc1nc(-c2ccc(Cl)cc2)no1)C(=O)NC1CCCCC1. The number of hydrogen-bond acceptors (Lipinski definition) is 4. The summed E-state index contributed by atoms with van der Waals surface area (Å²) in [6, 6.07) is 7.32. The smallest absolute Gasteiger partial charge is 0.318 e. The number of amides is 2. The Balaban J connectivity index is 1.64. The minimum Gasteiger partial charge on any atom is -0.337 e. The van der Waals surface area contributed by atoms with Crippen molar-refractivity contribution in [1.82, 2.24) is 20.4 Å². The van der Waals surface area contributed by atoms with Crippen molar-refractivity contribution in [3.63, 3.8) is 0 Å². The summed E-state index contributed by atoms with van der Waals surface area (Å²) in [6.07, 6.45) is 7.35. The number of urea groups is 1. The minimum absolute atomic E-state index is 0.122. The summed E-state index contributed by atoms with van der Waals surface area (Å²) in [6.45, 7) is 4.39. The van der Waals surface area contributed by atoms with Crippen LogP contribution in [0.4, 0.5) is 4.79 Å². The van der Waals surface area contributed by atoms with Gasteiger partial charge in [-0.3, -0.25) is 0 Å². The van der Waals surface area contributed by atoms with Gasteiger partial charge in [-0.2, -0.15) is 4.98 Å². The van der Waals surface area contributed by atoms with Crippen LogP contribution in [-0.2, 0) is 6.54 Å². The van der Waals surface area contributed by atoms with E-state index >= 15 is 0 Å². The lowest BCUT2D eigenvalue weighted by Gasteiger charge is -2.27. The van der Waals surface area contributed by atoms with E-state index in [2.05, 4.69) is 22.0 Å². The molecule has 1 aromatic heterocycles. The number of nitrogens with one attached hydrogen (secondary N) is 1. The quantitative estimate of drug-likeness (QED) is 0.759. The molecule has 26 heavy (non-hydrogen) atoms. The Bertz CT molecular complexity index is 738. The Hall–Kier alpha value is -2.34. The molecule has 2 amide bonds. The first-order chi connectivity index (χ1) is 12.7. The summed E-state index contributed by atoms with van der Waals surface area (Å²) in [4.78, 5) is 18.6. The monoisotopic (exact) mass is 374 g/mol. The van der Waals surface area contributed by atoms with E-state index in [1.165, 1.54) is 19.3 Å². The first kappa shape index (κ1) is 18.5. The molecule has 0 spiro atoms. The van der Waals surface area contributed by atoms with Crippen LogP contribution in [-0.4, -0.2) is 33.7 Å². The third-order valence-corrected chi connectivity index (χ3v) is 4.72. The lowest BCUT2D eigenvalue weighted by molar-refractivity contribution is 0.185. The highest BCUT2D eigenvalue weighted by atomic mass is 35.5. The molecule has 1 aliphatic rings. The Labute approximate surface area is 158 Å². The number of nitrogens with zero attached hydrogens (tertiary/aromatic N) is 3. The van der Waals surface area contributed by atoms with Gasteiger partial charge in [0.1, 0.15) is 6.54 Å². The van der Waals surface area contributed by atoms with E-state index in [4.69, 9.17) is 16.1 Å². The van der Waals surface area contributed by atoms with Crippen LogP contribution in [0.5, 0.6) is 0 Å². The molecule has 1 N–H and O–H groups in total. The standard InChI is InChI=1S/C19H23ClN4O2/c1-2-12-24(19(25)21-16-6-4-3-5-7-16)13-17-22-18(23-26-17)14-8-10-15(20)11-9-14/h2,8-11,16H,1,3-7,12-13H2,(H,21,25). The molecule has 1 fully saturated rings. The largest absolute Gasteiger partial charge is 0.337 e. The fourth-order valence-corrected chi connectivity index (χ4v) is 3.21. The lowest BCUT2D eigenvalue weighted by atomic mass is 9.96. The average Bonchev–Trinajstić information content (AvgIpc) is 3.11. The Kier molecular flexibility index (Phi) is 6.28. The van der Waals surface area contributed by atoms with E-state index in [0.717, 1.165) is 18.4 Å². The van der Waals surface area contributed by atoms with Crippen molar-refractivity contribution in [3.05, 3.63) is 47.8 Å². The van der Waals surface area contributed by atoms with Crippen molar-refractivity contribution in [3.8, 4) is 11.4 Å². The van der Waals surface area contributed by atoms with E-state index < -0.39 is 0 Å². The average molecular weight is 375 g/mol. The third-order valence-electron chi connectivity index (χ3n) is 4.47. The van der Waals surface area contributed by atoms with Gasteiger partial charge in [0.15, 0.2) is 0 Å². The molecule has 138 valence electrons. The van der Waals surface area contributed by atoms with Crippen molar-refractivity contribution in [1.29, 1.82) is 0 Å². The molecule has 0 atom stereocenters. The molecule has 1 aromatic carbocycles. The first-order valence-corrected chi connectivity index (χ1v) is 9.28. The molecule has 1 heterocycles. The topological polar surface area (TPSA) is 71.3 Å². The van der Waals surface area contributed by atoms with Crippen LogP contribution >= 0.6 is 11.6 Å². The minimum atomic E-state index is -0.122. The third kappa shape index (κ3) is 4.85. The number of carbonyl (C=O) groups excluding carboxylic acids is 1. The number of hydrogen-bond donors (Lipinski definition) is 1. The van der Waals surface area contributed by atoms with Gasteiger partial charge in [-0.05, 0) is 37.1 Å². The molecule has 2 aromatic rings. The Morgan fingerprint density at radius 3 is 2.73 bits per heavy atom. The maximum atomic E-state index is 12.6. The maximum absolute atomic E-state index is 12.6. The van der Waals surface area contributed by atoms with Crippen LogP contribution in [0.25, 0.3) is 11.4 Å². The van der Waals surface area contributed by atoms with Gasteiger partial charge in [-0.15, -0.1) is 6.58 Å². The first-order valence-electron chi connectivity index (χ1n) is 8.90.